The van der Waals surface area contributed by atoms with Crippen LogP contribution in [0.25, 0.3) is 0 Å². The second-order valence-electron chi connectivity index (χ2n) is 11.0. The predicted molar refractivity (Wildman–Crippen MR) is 120 cm³/mol. The van der Waals surface area contributed by atoms with Gasteiger partial charge in [-0.2, -0.15) is 0 Å². The van der Waals surface area contributed by atoms with Crippen LogP contribution in [0.5, 0.6) is 0 Å². The standard InChI is InChI=1S/C27H39NO/c1-16-5-10-26(28-15-16)18(3)21-8-9-22-23-7-6-19-13-20(29)11-12-27(19,4)25(23)14-24(22)17(21)2/h6,8-9,16,18,20,23,25-26,28-29H,5,7,10-15H2,1-4H3/t16-,18-,20-,23-,25-,26+,27-/m0/s1. The van der Waals surface area contributed by atoms with E-state index < -0.39 is 0 Å². The monoisotopic (exact) mass is 393 g/mol. The fraction of sp³-hybridized carbons (Fsp3) is 0.704. The molecule has 3 aliphatic carbocycles. The van der Waals surface area contributed by atoms with Crippen molar-refractivity contribution in [3.05, 3.63) is 46.0 Å². The average molecular weight is 394 g/mol. The lowest BCUT2D eigenvalue weighted by molar-refractivity contribution is 0.0710. The topological polar surface area (TPSA) is 32.3 Å². The Balaban J connectivity index is 1.43. The molecular formula is C27H39NO. The maximum atomic E-state index is 10.2. The third-order valence-electron chi connectivity index (χ3n) is 9.40. The Morgan fingerprint density at radius 2 is 2.00 bits per heavy atom. The van der Waals surface area contributed by atoms with E-state index in [0.29, 0.717) is 23.3 Å². The van der Waals surface area contributed by atoms with Gasteiger partial charge in [0.15, 0.2) is 0 Å². The van der Waals surface area contributed by atoms with Crippen molar-refractivity contribution in [2.45, 2.75) is 96.6 Å². The maximum absolute atomic E-state index is 10.2. The summed E-state index contributed by atoms with van der Waals surface area (Å²) in [5, 5.41) is 14.0. The number of aliphatic hydroxyl groups is 1. The molecule has 1 aliphatic heterocycles. The molecule has 5 rings (SSSR count). The summed E-state index contributed by atoms with van der Waals surface area (Å²) >= 11 is 0. The van der Waals surface area contributed by atoms with E-state index >= 15 is 0 Å². The number of aliphatic hydroxyl groups excluding tert-OH is 1. The van der Waals surface area contributed by atoms with Crippen LogP contribution in [0, 0.1) is 24.2 Å². The summed E-state index contributed by atoms with van der Waals surface area (Å²) in [5.41, 5.74) is 8.29. The van der Waals surface area contributed by atoms with Gasteiger partial charge in [0, 0.05) is 6.04 Å². The highest BCUT2D eigenvalue weighted by molar-refractivity contribution is 5.49. The third kappa shape index (κ3) is 3.13. The molecule has 0 bridgehead atoms. The quantitative estimate of drug-likeness (QED) is 0.639. The van der Waals surface area contributed by atoms with Gasteiger partial charge in [0.25, 0.3) is 0 Å². The van der Waals surface area contributed by atoms with E-state index in [1.54, 1.807) is 27.8 Å². The van der Waals surface area contributed by atoms with Crippen molar-refractivity contribution < 1.29 is 5.11 Å². The minimum Gasteiger partial charge on any atom is -0.393 e. The number of hydrogen-bond donors (Lipinski definition) is 2. The number of benzene rings is 1. The van der Waals surface area contributed by atoms with Gasteiger partial charge in [0.05, 0.1) is 6.10 Å². The number of allylic oxidation sites excluding steroid dienone is 1. The Bertz CT molecular complexity index is 818. The van der Waals surface area contributed by atoms with Crippen molar-refractivity contribution in [1.29, 1.82) is 0 Å². The summed E-state index contributed by atoms with van der Waals surface area (Å²) in [5.74, 6) is 2.82. The van der Waals surface area contributed by atoms with Crippen LogP contribution in [-0.4, -0.2) is 23.8 Å². The van der Waals surface area contributed by atoms with Crippen LogP contribution in [0.3, 0.4) is 0 Å². The molecule has 2 nitrogen and oxygen atoms in total. The van der Waals surface area contributed by atoms with Gasteiger partial charge in [-0.1, -0.05) is 44.6 Å². The summed E-state index contributed by atoms with van der Waals surface area (Å²) in [6.45, 7) is 10.9. The molecule has 0 unspecified atom stereocenters. The molecule has 1 saturated heterocycles. The van der Waals surface area contributed by atoms with Gasteiger partial charge in [0.2, 0.25) is 0 Å². The molecule has 1 saturated carbocycles. The van der Waals surface area contributed by atoms with Crippen molar-refractivity contribution in [3.8, 4) is 0 Å². The molecule has 0 radical (unpaired) electrons. The fourth-order valence-corrected chi connectivity index (χ4v) is 7.34. The van der Waals surface area contributed by atoms with Crippen LogP contribution in [0.4, 0.5) is 0 Å². The van der Waals surface area contributed by atoms with Crippen LogP contribution < -0.4 is 5.32 Å². The van der Waals surface area contributed by atoms with Crippen LogP contribution in [0.1, 0.15) is 93.4 Å². The van der Waals surface area contributed by atoms with E-state index in [4.69, 9.17) is 0 Å². The molecule has 2 fully saturated rings. The smallest absolute Gasteiger partial charge is 0.0577 e. The summed E-state index contributed by atoms with van der Waals surface area (Å²) in [6.07, 6.45) is 10.5. The highest BCUT2D eigenvalue weighted by Crippen LogP contribution is 2.60. The Hall–Kier alpha value is -1.12. The highest BCUT2D eigenvalue weighted by Gasteiger charge is 2.50. The first-order valence-electron chi connectivity index (χ1n) is 12.1. The largest absolute Gasteiger partial charge is 0.393 e. The van der Waals surface area contributed by atoms with Gasteiger partial charge in [-0.15, -0.1) is 0 Å². The van der Waals surface area contributed by atoms with Gasteiger partial charge in [-0.25, -0.2) is 0 Å². The molecule has 0 amide bonds. The van der Waals surface area contributed by atoms with Crippen molar-refractivity contribution >= 4 is 0 Å². The van der Waals surface area contributed by atoms with Crippen molar-refractivity contribution in [2.24, 2.45) is 17.3 Å². The molecule has 4 aliphatic rings. The molecular weight excluding hydrogens is 354 g/mol. The van der Waals surface area contributed by atoms with E-state index in [2.05, 4.69) is 51.2 Å². The first kappa shape index (κ1) is 19.8. The van der Waals surface area contributed by atoms with Gasteiger partial charge < -0.3 is 10.4 Å². The van der Waals surface area contributed by atoms with E-state index in [0.717, 1.165) is 31.1 Å². The summed E-state index contributed by atoms with van der Waals surface area (Å²) in [7, 11) is 0. The minimum absolute atomic E-state index is 0.116. The Morgan fingerprint density at radius 1 is 1.17 bits per heavy atom. The Labute approximate surface area is 177 Å². The zero-order chi connectivity index (χ0) is 20.3. The van der Waals surface area contributed by atoms with Crippen LogP contribution in [0.15, 0.2) is 23.8 Å². The lowest BCUT2D eigenvalue weighted by Crippen LogP contribution is -2.41. The second-order valence-corrected chi connectivity index (χ2v) is 11.0. The molecule has 29 heavy (non-hydrogen) atoms. The average Bonchev–Trinajstić information content (AvgIpc) is 3.10. The molecule has 158 valence electrons. The number of rotatable bonds is 2. The lowest BCUT2D eigenvalue weighted by Gasteiger charge is -2.48. The lowest BCUT2D eigenvalue weighted by atomic mass is 9.57. The van der Waals surface area contributed by atoms with E-state index in [1.807, 2.05) is 0 Å². The summed E-state index contributed by atoms with van der Waals surface area (Å²) < 4.78 is 0. The van der Waals surface area contributed by atoms with Gasteiger partial charge in [-0.05, 0) is 110 Å². The molecule has 1 aromatic carbocycles. The number of hydrogen-bond acceptors (Lipinski definition) is 2. The van der Waals surface area contributed by atoms with Crippen molar-refractivity contribution in [1.82, 2.24) is 5.32 Å². The van der Waals surface area contributed by atoms with E-state index in [-0.39, 0.29) is 6.10 Å². The van der Waals surface area contributed by atoms with Crippen LogP contribution in [0.2, 0.25) is 0 Å². The predicted octanol–water partition coefficient (Wildman–Crippen LogP) is 5.62. The van der Waals surface area contributed by atoms with Gasteiger partial charge >= 0.3 is 0 Å². The van der Waals surface area contributed by atoms with Crippen molar-refractivity contribution in [3.63, 3.8) is 0 Å². The molecule has 7 atom stereocenters. The van der Waals surface area contributed by atoms with Crippen LogP contribution in [-0.2, 0) is 6.42 Å². The first-order valence-corrected chi connectivity index (χ1v) is 12.1. The van der Waals surface area contributed by atoms with E-state index in [9.17, 15) is 5.11 Å². The SMILES string of the molecule is Cc1c([C@H](C)[C@H]2CC[C@H](C)CN2)ccc2c1C[C@H]1[C@H]2CC=C2C[C@@H](O)CC[C@@]21C. The highest BCUT2D eigenvalue weighted by atomic mass is 16.3. The fourth-order valence-electron chi connectivity index (χ4n) is 7.34. The molecule has 0 spiro atoms. The Kier molecular flexibility index (Phi) is 4.95. The second kappa shape index (κ2) is 7.24. The Morgan fingerprint density at radius 3 is 2.76 bits per heavy atom. The van der Waals surface area contributed by atoms with E-state index in [1.165, 1.54) is 32.2 Å². The summed E-state index contributed by atoms with van der Waals surface area (Å²) in [6, 6.07) is 5.58. The third-order valence-corrected chi connectivity index (χ3v) is 9.40. The molecule has 2 heteroatoms. The molecule has 1 aromatic rings. The number of fused-ring (bicyclic) bond motifs is 5. The van der Waals surface area contributed by atoms with Gasteiger partial charge in [-0.3, -0.25) is 0 Å². The number of nitrogens with one attached hydrogen (secondary N) is 1. The molecule has 1 heterocycles. The minimum atomic E-state index is -0.116. The zero-order valence-electron chi connectivity index (χ0n) is 18.8. The van der Waals surface area contributed by atoms with Crippen molar-refractivity contribution in [2.75, 3.05) is 6.54 Å². The zero-order valence-corrected chi connectivity index (χ0v) is 18.8. The maximum Gasteiger partial charge on any atom is 0.0577 e. The van der Waals surface area contributed by atoms with Crippen LogP contribution >= 0.6 is 0 Å². The normalized spacial score (nSPS) is 39.9. The number of piperidine rings is 1. The molecule has 2 N–H and O–H groups in total. The molecule has 0 aromatic heterocycles. The summed E-state index contributed by atoms with van der Waals surface area (Å²) in [4.78, 5) is 0. The first-order chi connectivity index (χ1) is 13.9. The van der Waals surface area contributed by atoms with Gasteiger partial charge in [0.1, 0.15) is 0 Å².